The first kappa shape index (κ1) is 14.7. The zero-order valence-corrected chi connectivity index (χ0v) is 12.2. The fourth-order valence-corrected chi connectivity index (χ4v) is 3.36. The predicted molar refractivity (Wildman–Crippen MR) is 73.2 cm³/mol. The van der Waals surface area contributed by atoms with Crippen LogP contribution < -0.4 is 10.0 Å². The van der Waals surface area contributed by atoms with Crippen molar-refractivity contribution in [3.63, 3.8) is 0 Å². The Morgan fingerprint density at radius 3 is 2.79 bits per heavy atom. The first-order valence-corrected chi connectivity index (χ1v) is 8.81. The molecule has 0 spiro atoms. The molecule has 0 saturated carbocycles. The van der Waals surface area contributed by atoms with Crippen LogP contribution in [0.2, 0.25) is 0 Å². The number of rotatable bonds is 4. The Morgan fingerprint density at radius 1 is 1.37 bits per heavy atom. The Labute approximate surface area is 115 Å². The van der Waals surface area contributed by atoms with Crippen molar-refractivity contribution >= 4 is 15.9 Å². The molecule has 1 unspecified atom stereocenters. The smallest absolute Gasteiger partial charge is 0.239 e. The summed E-state index contributed by atoms with van der Waals surface area (Å²) in [7, 11) is -3.14. The van der Waals surface area contributed by atoms with Crippen molar-refractivity contribution in [3.05, 3.63) is 0 Å². The van der Waals surface area contributed by atoms with E-state index in [9.17, 15) is 13.2 Å². The summed E-state index contributed by atoms with van der Waals surface area (Å²) < 4.78 is 24.7. The predicted octanol–water partition coefficient (Wildman–Crippen LogP) is -0.474. The number of piperidine rings is 1. The third-order valence-electron chi connectivity index (χ3n) is 3.82. The molecule has 0 radical (unpaired) electrons. The molecule has 0 aromatic heterocycles. The molecule has 110 valence electrons. The Hall–Kier alpha value is -0.660. The molecule has 2 heterocycles. The van der Waals surface area contributed by atoms with Gasteiger partial charge in [0.25, 0.3) is 0 Å². The lowest BCUT2D eigenvalue weighted by atomic mass is 9.97. The van der Waals surface area contributed by atoms with E-state index in [-0.39, 0.29) is 17.9 Å². The minimum absolute atomic E-state index is 0.0263. The molecule has 7 heteroatoms. The normalized spacial score (nSPS) is 28.6. The lowest BCUT2D eigenvalue weighted by Crippen LogP contribution is -2.49. The zero-order chi connectivity index (χ0) is 13.9. The number of carbonyl (C=O) groups excluding carboxylic acids is 1. The highest BCUT2D eigenvalue weighted by Crippen LogP contribution is 2.18. The molecular formula is C12H23N3O3S. The molecule has 0 aromatic rings. The van der Waals surface area contributed by atoms with E-state index in [1.54, 1.807) is 0 Å². The zero-order valence-electron chi connectivity index (χ0n) is 11.4. The van der Waals surface area contributed by atoms with E-state index in [2.05, 4.69) is 10.0 Å². The van der Waals surface area contributed by atoms with Crippen molar-refractivity contribution < 1.29 is 13.2 Å². The first-order chi connectivity index (χ1) is 8.96. The molecular weight excluding hydrogens is 266 g/mol. The molecule has 1 amide bonds. The van der Waals surface area contributed by atoms with Gasteiger partial charge in [-0.05, 0) is 38.1 Å². The highest BCUT2D eigenvalue weighted by Gasteiger charge is 2.30. The topological polar surface area (TPSA) is 78.5 Å². The van der Waals surface area contributed by atoms with Crippen molar-refractivity contribution in [2.75, 3.05) is 32.4 Å². The minimum Gasteiger partial charge on any atom is -0.341 e. The Morgan fingerprint density at radius 2 is 2.16 bits per heavy atom. The van der Waals surface area contributed by atoms with Gasteiger partial charge in [0.15, 0.2) is 0 Å². The van der Waals surface area contributed by atoms with Crippen LogP contribution in [0.4, 0.5) is 0 Å². The largest absolute Gasteiger partial charge is 0.341 e. The van der Waals surface area contributed by atoms with E-state index in [1.807, 2.05) is 4.90 Å². The molecule has 2 N–H and O–H groups in total. The molecule has 0 bridgehead atoms. The van der Waals surface area contributed by atoms with Crippen molar-refractivity contribution in [3.8, 4) is 0 Å². The molecule has 0 aromatic carbocycles. The summed E-state index contributed by atoms with van der Waals surface area (Å²) in [6.45, 7) is 2.82. The molecule has 0 aliphatic carbocycles. The molecule has 2 atom stereocenters. The Balaban J connectivity index is 1.84. The maximum atomic E-state index is 12.3. The van der Waals surface area contributed by atoms with Crippen molar-refractivity contribution in [2.45, 2.75) is 31.7 Å². The number of sulfonamides is 1. The van der Waals surface area contributed by atoms with Gasteiger partial charge in [-0.2, -0.15) is 0 Å². The molecule has 2 aliphatic rings. The van der Waals surface area contributed by atoms with Gasteiger partial charge in [-0.25, -0.2) is 13.1 Å². The molecule has 2 saturated heterocycles. The van der Waals surface area contributed by atoms with Crippen molar-refractivity contribution in [2.24, 2.45) is 5.92 Å². The van der Waals surface area contributed by atoms with Crippen molar-refractivity contribution in [1.82, 2.24) is 14.9 Å². The van der Waals surface area contributed by atoms with Gasteiger partial charge in [0.2, 0.25) is 15.9 Å². The highest BCUT2D eigenvalue weighted by atomic mass is 32.2. The molecule has 2 rings (SSSR count). The van der Waals surface area contributed by atoms with E-state index in [0.717, 1.165) is 38.8 Å². The van der Waals surface area contributed by atoms with E-state index < -0.39 is 10.0 Å². The van der Waals surface area contributed by atoms with Gasteiger partial charge >= 0.3 is 0 Å². The fourth-order valence-electron chi connectivity index (χ4n) is 2.82. The number of hydrogen-bond donors (Lipinski definition) is 2. The third kappa shape index (κ3) is 4.43. The standard InChI is InChI=1S/C12H23N3O3S/c1-19(17,18)14-8-10-4-3-7-15(9-10)12(16)11-5-2-6-13-11/h10-11,13-14H,2-9H2,1H3/t10?,11-/m1/s1. The summed E-state index contributed by atoms with van der Waals surface area (Å²) in [4.78, 5) is 14.2. The van der Waals surface area contributed by atoms with Crippen LogP contribution in [-0.2, 0) is 14.8 Å². The first-order valence-electron chi connectivity index (χ1n) is 6.92. The monoisotopic (exact) mass is 289 g/mol. The van der Waals surface area contributed by atoms with Gasteiger partial charge in [0.1, 0.15) is 0 Å². The van der Waals surface area contributed by atoms with Gasteiger partial charge in [-0.15, -0.1) is 0 Å². The summed E-state index contributed by atoms with van der Waals surface area (Å²) in [5.41, 5.74) is 0. The summed E-state index contributed by atoms with van der Waals surface area (Å²) in [6.07, 6.45) is 5.07. The third-order valence-corrected chi connectivity index (χ3v) is 4.51. The van der Waals surface area contributed by atoms with E-state index in [4.69, 9.17) is 0 Å². The van der Waals surface area contributed by atoms with Crippen LogP contribution >= 0.6 is 0 Å². The van der Waals surface area contributed by atoms with E-state index in [1.165, 1.54) is 6.26 Å². The van der Waals surface area contributed by atoms with Crippen LogP contribution in [0.15, 0.2) is 0 Å². The van der Waals surface area contributed by atoms with Gasteiger partial charge in [0, 0.05) is 19.6 Å². The molecule has 19 heavy (non-hydrogen) atoms. The number of hydrogen-bond acceptors (Lipinski definition) is 4. The summed E-state index contributed by atoms with van der Waals surface area (Å²) in [6, 6.07) is -0.0263. The van der Waals surface area contributed by atoms with Gasteiger partial charge in [0.05, 0.1) is 12.3 Å². The SMILES string of the molecule is CS(=O)(=O)NCC1CCCN(C(=O)[C@H]2CCCN2)C1. The second kappa shape index (κ2) is 6.19. The number of nitrogens with one attached hydrogen (secondary N) is 2. The number of likely N-dealkylation sites (tertiary alicyclic amines) is 1. The highest BCUT2D eigenvalue weighted by molar-refractivity contribution is 7.88. The van der Waals surface area contributed by atoms with Crippen LogP contribution in [0.25, 0.3) is 0 Å². The number of nitrogens with zero attached hydrogens (tertiary/aromatic N) is 1. The van der Waals surface area contributed by atoms with Crippen LogP contribution in [0.3, 0.4) is 0 Å². The van der Waals surface area contributed by atoms with Crippen LogP contribution in [0.1, 0.15) is 25.7 Å². The van der Waals surface area contributed by atoms with E-state index >= 15 is 0 Å². The fraction of sp³-hybridized carbons (Fsp3) is 0.917. The Kier molecular flexibility index (Phi) is 4.81. The van der Waals surface area contributed by atoms with Crippen LogP contribution in [0, 0.1) is 5.92 Å². The molecule has 2 aliphatic heterocycles. The van der Waals surface area contributed by atoms with Gasteiger partial charge < -0.3 is 10.2 Å². The number of amides is 1. The molecule has 6 nitrogen and oxygen atoms in total. The lowest BCUT2D eigenvalue weighted by molar-refractivity contribution is -0.134. The second-order valence-electron chi connectivity index (χ2n) is 5.56. The number of carbonyl (C=O) groups is 1. The summed E-state index contributed by atoms with van der Waals surface area (Å²) in [5, 5.41) is 3.22. The van der Waals surface area contributed by atoms with Gasteiger partial charge in [-0.1, -0.05) is 0 Å². The lowest BCUT2D eigenvalue weighted by Gasteiger charge is -2.34. The average molecular weight is 289 g/mol. The maximum absolute atomic E-state index is 12.3. The van der Waals surface area contributed by atoms with Crippen LogP contribution in [-0.4, -0.2) is 57.7 Å². The van der Waals surface area contributed by atoms with Crippen molar-refractivity contribution in [1.29, 1.82) is 0 Å². The average Bonchev–Trinajstić information content (AvgIpc) is 2.89. The Bertz CT molecular complexity index is 418. The minimum atomic E-state index is -3.14. The van der Waals surface area contributed by atoms with Gasteiger partial charge in [-0.3, -0.25) is 4.79 Å². The van der Waals surface area contributed by atoms with Crippen LogP contribution in [0.5, 0.6) is 0 Å². The summed E-state index contributed by atoms with van der Waals surface area (Å²) >= 11 is 0. The summed E-state index contributed by atoms with van der Waals surface area (Å²) in [5.74, 6) is 0.412. The maximum Gasteiger partial charge on any atom is 0.239 e. The molecule has 2 fully saturated rings. The second-order valence-corrected chi connectivity index (χ2v) is 7.40. The van der Waals surface area contributed by atoms with E-state index in [0.29, 0.717) is 13.1 Å². The quantitative estimate of drug-likeness (QED) is 0.733.